The normalized spacial score (nSPS) is 16.8. The number of hydrazine groups is 4. The number of aliphatic hydroxyl groups is 1. The Morgan fingerprint density at radius 2 is 2.00 bits per heavy atom. The van der Waals surface area contributed by atoms with Crippen molar-refractivity contribution in [3.63, 3.8) is 0 Å². The number of ether oxygens (including phenoxy) is 1. The van der Waals surface area contributed by atoms with Crippen molar-refractivity contribution in [3.05, 3.63) is 94.6 Å². The Morgan fingerprint density at radius 1 is 1.24 bits per heavy atom. The molecule has 3 atom stereocenters. The first-order chi connectivity index (χ1) is 18.4. The Morgan fingerprint density at radius 3 is 2.61 bits per heavy atom. The third-order valence-corrected chi connectivity index (χ3v) is 6.49. The van der Waals surface area contributed by atoms with Crippen molar-refractivity contribution >= 4 is 17.6 Å². The molecule has 0 saturated carbocycles. The van der Waals surface area contributed by atoms with Gasteiger partial charge in [-0.15, -0.1) is 0 Å². The first-order valence-electron chi connectivity index (χ1n) is 12.8. The van der Waals surface area contributed by atoms with Gasteiger partial charge in [-0.05, 0) is 68.7 Å². The summed E-state index contributed by atoms with van der Waals surface area (Å²) < 4.78 is 5.34. The van der Waals surface area contributed by atoms with E-state index in [1.54, 1.807) is 13.0 Å². The van der Waals surface area contributed by atoms with Gasteiger partial charge in [-0.1, -0.05) is 78.4 Å². The molecule has 1 aromatic carbocycles. The number of halogens is 1. The average molecular weight is 545 g/mol. The molecule has 0 amide bonds. The van der Waals surface area contributed by atoms with E-state index in [2.05, 4.69) is 46.1 Å². The number of carbonyl (C=O) groups is 1. The summed E-state index contributed by atoms with van der Waals surface area (Å²) in [5.74, 6) is 4.87. The van der Waals surface area contributed by atoms with Crippen LogP contribution in [-0.4, -0.2) is 36.0 Å². The summed E-state index contributed by atoms with van der Waals surface area (Å²) in [6.45, 7) is 7.85. The smallest absolute Gasteiger partial charge is 0.323 e. The molecule has 0 fully saturated rings. The predicted octanol–water partition coefficient (Wildman–Crippen LogP) is 3.10. The van der Waals surface area contributed by atoms with Gasteiger partial charge in [0.1, 0.15) is 12.3 Å². The van der Waals surface area contributed by atoms with E-state index in [1.807, 2.05) is 49.4 Å². The Balaban J connectivity index is 2.22. The number of aliphatic hydroxyl groups excluding tert-OH is 1. The van der Waals surface area contributed by atoms with Gasteiger partial charge >= 0.3 is 5.97 Å². The number of nitrogens with one attached hydrogen (secondary N) is 5. The number of allylic oxidation sites excluding steroid dienone is 8. The molecule has 0 radical (unpaired) electrons. The highest BCUT2D eigenvalue weighted by Crippen LogP contribution is 2.28. The Kier molecular flexibility index (Phi) is 14.8. The number of hydrogen-bond donors (Lipinski definition) is 7. The van der Waals surface area contributed by atoms with E-state index in [1.165, 1.54) is 0 Å². The summed E-state index contributed by atoms with van der Waals surface area (Å²) in [4.78, 5) is 12.8. The summed E-state index contributed by atoms with van der Waals surface area (Å²) in [5.41, 5.74) is 14.4. The summed E-state index contributed by atoms with van der Waals surface area (Å²) >= 11 is 6.19. The first kappa shape index (κ1) is 31.6. The number of rotatable bonds is 17. The zero-order valence-electron chi connectivity index (χ0n) is 22.2. The van der Waals surface area contributed by atoms with Crippen LogP contribution in [0, 0.1) is 0 Å². The van der Waals surface area contributed by atoms with Crippen LogP contribution in [0.3, 0.4) is 0 Å². The molecule has 38 heavy (non-hydrogen) atoms. The molecule has 2 rings (SSSR count). The van der Waals surface area contributed by atoms with Crippen LogP contribution in [0.4, 0.5) is 0 Å². The fourth-order valence-electron chi connectivity index (χ4n) is 4.12. The quantitative estimate of drug-likeness (QED) is 0.0394. The van der Waals surface area contributed by atoms with Gasteiger partial charge in [0.15, 0.2) is 0 Å². The number of benzene rings is 1. The minimum absolute atomic E-state index is 0.274. The lowest BCUT2D eigenvalue weighted by molar-refractivity contribution is -0.146. The number of aryl methyl sites for hydroxylation is 1. The lowest BCUT2D eigenvalue weighted by Gasteiger charge is -2.30. The van der Waals surface area contributed by atoms with Gasteiger partial charge in [-0.3, -0.25) is 16.0 Å². The predicted molar refractivity (Wildman–Crippen MR) is 153 cm³/mol. The van der Waals surface area contributed by atoms with Crippen LogP contribution in [0.2, 0.25) is 0 Å². The molecule has 0 bridgehead atoms. The first-order valence-corrected chi connectivity index (χ1v) is 13.2. The molecule has 0 saturated heterocycles. The molecule has 1 aromatic rings. The van der Waals surface area contributed by atoms with E-state index in [9.17, 15) is 9.90 Å². The summed E-state index contributed by atoms with van der Waals surface area (Å²) in [7, 11) is 0. The van der Waals surface area contributed by atoms with Crippen molar-refractivity contribution in [1.82, 2.24) is 27.3 Å². The van der Waals surface area contributed by atoms with Gasteiger partial charge in [-0.25, -0.2) is 5.43 Å². The maximum Gasteiger partial charge on any atom is 0.323 e. The zero-order chi connectivity index (χ0) is 27.8. The van der Waals surface area contributed by atoms with Gasteiger partial charge in [0, 0.05) is 5.03 Å². The summed E-state index contributed by atoms with van der Waals surface area (Å²) in [5, 5.41) is 14.9. The van der Waals surface area contributed by atoms with Gasteiger partial charge in [0.05, 0.1) is 12.6 Å². The molecule has 0 aromatic heterocycles. The van der Waals surface area contributed by atoms with Gasteiger partial charge in [-0.2, -0.15) is 16.6 Å². The summed E-state index contributed by atoms with van der Waals surface area (Å²) in [6, 6.07) is 8.83. The van der Waals surface area contributed by atoms with E-state index in [-0.39, 0.29) is 12.6 Å². The van der Waals surface area contributed by atoms with E-state index in [4.69, 9.17) is 22.2 Å². The second-order valence-electron chi connectivity index (χ2n) is 8.78. The van der Waals surface area contributed by atoms with Crippen molar-refractivity contribution in [2.24, 2.45) is 5.84 Å². The highest BCUT2D eigenvalue weighted by Gasteiger charge is 2.28. The molecule has 0 heterocycles. The number of nitrogens with two attached hydrogens (primary N) is 1. The van der Waals surface area contributed by atoms with Crippen LogP contribution in [-0.2, 0) is 16.0 Å². The van der Waals surface area contributed by atoms with Crippen molar-refractivity contribution in [1.29, 1.82) is 0 Å². The van der Waals surface area contributed by atoms with E-state index >= 15 is 0 Å². The Bertz CT molecular complexity index is 1010. The van der Waals surface area contributed by atoms with Crippen molar-refractivity contribution in [2.45, 2.75) is 64.3 Å². The second-order valence-corrected chi connectivity index (χ2v) is 9.22. The molecule has 8 N–H and O–H groups in total. The zero-order valence-corrected chi connectivity index (χ0v) is 22.9. The average Bonchev–Trinajstić information content (AvgIpc) is 2.94. The molecule has 208 valence electrons. The molecule has 1 aliphatic carbocycles. The van der Waals surface area contributed by atoms with Crippen molar-refractivity contribution < 1.29 is 14.6 Å². The molecule has 0 aliphatic heterocycles. The van der Waals surface area contributed by atoms with Crippen LogP contribution >= 0.6 is 11.6 Å². The number of carbonyl (C=O) groups excluding carboxylic acids is 1. The minimum Gasteiger partial charge on any atom is -0.465 e. The van der Waals surface area contributed by atoms with Crippen LogP contribution in [0.25, 0.3) is 0 Å². The molecule has 1 aliphatic rings. The monoisotopic (exact) mass is 544 g/mol. The third kappa shape index (κ3) is 11.0. The van der Waals surface area contributed by atoms with Crippen molar-refractivity contribution in [2.75, 3.05) is 6.61 Å². The fourth-order valence-corrected chi connectivity index (χ4v) is 4.24. The van der Waals surface area contributed by atoms with Crippen molar-refractivity contribution in [3.8, 4) is 0 Å². The minimum atomic E-state index is -1.06. The highest BCUT2D eigenvalue weighted by atomic mass is 35.5. The molecular weight excluding hydrogens is 504 g/mol. The molecule has 9 nitrogen and oxygen atoms in total. The van der Waals surface area contributed by atoms with E-state index in [0.717, 1.165) is 35.1 Å². The Hall–Kier alpha value is -2.60. The number of hydrogen-bond acceptors (Lipinski definition) is 9. The maximum atomic E-state index is 12.8. The molecule has 1 unspecified atom stereocenters. The second kappa shape index (κ2) is 17.8. The van der Waals surface area contributed by atoms with Crippen LogP contribution in [0.1, 0.15) is 45.1 Å². The highest BCUT2D eigenvalue weighted by molar-refractivity contribution is 6.31. The van der Waals surface area contributed by atoms with Crippen LogP contribution < -0.4 is 33.2 Å². The topological polar surface area (TPSA) is 133 Å². The largest absolute Gasteiger partial charge is 0.465 e. The van der Waals surface area contributed by atoms with E-state index < -0.39 is 18.3 Å². The lowest BCUT2D eigenvalue weighted by Crippen LogP contribution is -2.61. The van der Waals surface area contributed by atoms with Crippen LogP contribution in [0.15, 0.2) is 89.0 Å². The summed E-state index contributed by atoms with van der Waals surface area (Å²) in [6.07, 6.45) is 11.9. The lowest BCUT2D eigenvalue weighted by atomic mass is 9.89. The number of esters is 1. The van der Waals surface area contributed by atoms with Gasteiger partial charge < -0.3 is 9.84 Å². The van der Waals surface area contributed by atoms with Crippen LogP contribution in [0.5, 0.6) is 0 Å². The fraction of sp³-hybridized carbons (Fsp3) is 0.393. The third-order valence-electron chi connectivity index (χ3n) is 6.16. The Labute approximate surface area is 230 Å². The molecular formula is C28H41ClN6O3. The van der Waals surface area contributed by atoms with Gasteiger partial charge in [0.2, 0.25) is 0 Å². The standard InChI is InChI=1S/C28H41ClN6O3/c1-4-22(19-24(29)5-2)23-15-12-21(13-16-23)18-26(27(36)32-34-35-33-30)31-25(28(37)38-6-3)17-14-20-10-8-7-9-11-20/h4-5,7-12,15,19,25-27,31-36H,1,6,13-14,16-18,30H2,2-3H3/b22-19+,24-5+/t25-,26-,27?/m0/s1. The van der Waals surface area contributed by atoms with E-state index in [0.29, 0.717) is 24.3 Å². The molecule has 10 heteroatoms. The SMILES string of the molecule is C=C/C(=C\C(Cl)=C/C)C1=CC=C(C[C@H](N[C@@H](CCc2ccccc2)C(=O)OCC)C(O)NNNNN)CC1. The maximum absolute atomic E-state index is 12.8. The molecule has 0 spiro atoms. The van der Waals surface area contributed by atoms with Gasteiger partial charge in [0.25, 0.3) is 0 Å².